The van der Waals surface area contributed by atoms with Gasteiger partial charge in [-0.2, -0.15) is 0 Å². The average Bonchev–Trinajstić information content (AvgIpc) is 2.84. The average molecular weight is 493 g/mol. The van der Waals surface area contributed by atoms with Gasteiger partial charge < -0.3 is 19.6 Å². The summed E-state index contributed by atoms with van der Waals surface area (Å²) in [6, 6.07) is 6.22. The first-order chi connectivity index (χ1) is 16.7. The van der Waals surface area contributed by atoms with E-state index < -0.39 is 6.36 Å². The summed E-state index contributed by atoms with van der Waals surface area (Å²) < 4.78 is 40.9. The van der Waals surface area contributed by atoms with Gasteiger partial charge in [0.1, 0.15) is 17.8 Å². The summed E-state index contributed by atoms with van der Waals surface area (Å²) in [5, 5.41) is 9.73. The standard InChI is InChI=1S/C25H31F3N4O3/c1-17-22(7-4-18-2-5-21(6-3-18)35-25(26,27)28)29-16-30-23(17)24(34)32-12-8-19(9-13-32)31-14-10-20(33)11-15-31/h2-3,5-6,16,19-20,33H,4,7-15H2,1H3. The molecule has 0 spiro atoms. The van der Waals surface area contributed by atoms with E-state index in [9.17, 15) is 23.1 Å². The highest BCUT2D eigenvalue weighted by atomic mass is 19.4. The maximum absolute atomic E-state index is 13.2. The van der Waals surface area contributed by atoms with Gasteiger partial charge in [-0.3, -0.25) is 4.79 Å². The molecule has 2 fully saturated rings. The summed E-state index contributed by atoms with van der Waals surface area (Å²) in [5.41, 5.74) is 2.74. The van der Waals surface area contributed by atoms with Gasteiger partial charge in [-0.1, -0.05) is 12.1 Å². The zero-order valence-electron chi connectivity index (χ0n) is 19.8. The highest BCUT2D eigenvalue weighted by Crippen LogP contribution is 2.25. The monoisotopic (exact) mass is 492 g/mol. The van der Waals surface area contributed by atoms with Crippen LogP contribution in [-0.4, -0.2) is 75.5 Å². The number of benzene rings is 1. The Morgan fingerprint density at radius 1 is 1.03 bits per heavy atom. The van der Waals surface area contributed by atoms with Crippen molar-refractivity contribution >= 4 is 5.91 Å². The van der Waals surface area contributed by atoms with Crippen LogP contribution >= 0.6 is 0 Å². The molecule has 0 atom stereocenters. The molecule has 0 radical (unpaired) electrons. The molecule has 2 aromatic rings. The van der Waals surface area contributed by atoms with Crippen molar-refractivity contribution in [1.82, 2.24) is 19.8 Å². The number of ether oxygens (including phenoxy) is 1. The summed E-state index contributed by atoms with van der Waals surface area (Å²) >= 11 is 0. The number of amides is 1. The number of hydrogen-bond donors (Lipinski definition) is 1. The van der Waals surface area contributed by atoms with E-state index in [4.69, 9.17) is 0 Å². The lowest BCUT2D eigenvalue weighted by molar-refractivity contribution is -0.274. The van der Waals surface area contributed by atoms with Crippen molar-refractivity contribution in [2.24, 2.45) is 0 Å². The largest absolute Gasteiger partial charge is 0.573 e. The second kappa shape index (κ2) is 10.9. The maximum atomic E-state index is 13.2. The van der Waals surface area contributed by atoms with Crippen LogP contribution in [0.25, 0.3) is 0 Å². The Hall–Kier alpha value is -2.72. The van der Waals surface area contributed by atoms with Gasteiger partial charge in [0.15, 0.2) is 0 Å². The Kier molecular flexibility index (Phi) is 7.91. The molecule has 7 nitrogen and oxygen atoms in total. The van der Waals surface area contributed by atoms with E-state index in [1.54, 1.807) is 12.1 Å². The number of hydrogen-bond acceptors (Lipinski definition) is 6. The van der Waals surface area contributed by atoms with Gasteiger partial charge in [0.2, 0.25) is 0 Å². The second-order valence-electron chi connectivity index (χ2n) is 9.28. The molecule has 1 aromatic heterocycles. The van der Waals surface area contributed by atoms with E-state index in [1.807, 2.05) is 11.8 Å². The van der Waals surface area contributed by atoms with E-state index in [2.05, 4.69) is 19.6 Å². The zero-order valence-corrected chi connectivity index (χ0v) is 19.8. The molecule has 2 aliphatic heterocycles. The van der Waals surface area contributed by atoms with E-state index in [0.29, 0.717) is 37.7 Å². The summed E-state index contributed by atoms with van der Waals surface area (Å²) in [5.74, 6) is -0.346. The Balaban J connectivity index is 1.33. The predicted octanol–water partition coefficient (Wildman–Crippen LogP) is 3.53. The van der Waals surface area contributed by atoms with Crippen LogP contribution in [0.1, 0.15) is 53.0 Å². The number of alkyl halides is 3. The molecule has 10 heteroatoms. The molecule has 190 valence electrons. The van der Waals surface area contributed by atoms with Crippen LogP contribution in [0.4, 0.5) is 13.2 Å². The number of carbonyl (C=O) groups excluding carboxylic acids is 1. The Morgan fingerprint density at radius 3 is 2.31 bits per heavy atom. The van der Waals surface area contributed by atoms with E-state index in [1.165, 1.54) is 18.5 Å². The lowest BCUT2D eigenvalue weighted by Crippen LogP contribution is -2.49. The molecule has 0 saturated carbocycles. The molecular formula is C25H31F3N4O3. The molecule has 2 aliphatic rings. The van der Waals surface area contributed by atoms with Gasteiger partial charge in [0.25, 0.3) is 5.91 Å². The fourth-order valence-corrected chi connectivity index (χ4v) is 4.91. The first-order valence-corrected chi connectivity index (χ1v) is 12.1. The molecule has 0 aliphatic carbocycles. The van der Waals surface area contributed by atoms with Crippen LogP contribution in [0.3, 0.4) is 0 Å². The van der Waals surface area contributed by atoms with Crippen molar-refractivity contribution in [3.05, 3.63) is 53.1 Å². The first kappa shape index (κ1) is 25.4. The first-order valence-electron chi connectivity index (χ1n) is 12.1. The Labute approximate surface area is 202 Å². The zero-order chi connectivity index (χ0) is 25.0. The molecule has 1 aromatic carbocycles. The minimum absolute atomic E-state index is 0.0904. The molecule has 1 amide bonds. The normalized spacial score (nSPS) is 18.6. The van der Waals surface area contributed by atoms with Gasteiger partial charge in [0.05, 0.1) is 6.10 Å². The highest BCUT2D eigenvalue weighted by Gasteiger charge is 2.32. The summed E-state index contributed by atoms with van der Waals surface area (Å²) in [4.78, 5) is 26.1. The third-order valence-corrected chi connectivity index (χ3v) is 6.97. The Morgan fingerprint density at radius 2 is 1.69 bits per heavy atom. The number of halogens is 3. The highest BCUT2D eigenvalue weighted by molar-refractivity contribution is 5.93. The number of rotatable bonds is 6. The number of likely N-dealkylation sites (tertiary alicyclic amines) is 2. The molecule has 0 bridgehead atoms. The molecule has 0 unspecified atom stereocenters. The number of nitrogens with zero attached hydrogens (tertiary/aromatic N) is 4. The van der Waals surface area contributed by atoms with Gasteiger partial charge in [-0.25, -0.2) is 9.97 Å². The molecule has 3 heterocycles. The maximum Gasteiger partial charge on any atom is 0.573 e. The topological polar surface area (TPSA) is 78.8 Å². The van der Waals surface area contributed by atoms with Gasteiger partial charge >= 0.3 is 6.36 Å². The number of carbonyl (C=O) groups is 1. The third-order valence-electron chi connectivity index (χ3n) is 6.97. The van der Waals surface area contributed by atoms with E-state index >= 15 is 0 Å². The minimum atomic E-state index is -4.71. The van der Waals surface area contributed by atoms with Gasteiger partial charge in [0, 0.05) is 43.5 Å². The van der Waals surface area contributed by atoms with Crippen LogP contribution < -0.4 is 4.74 Å². The fourth-order valence-electron chi connectivity index (χ4n) is 4.91. The van der Waals surface area contributed by atoms with Crippen LogP contribution in [0.15, 0.2) is 30.6 Å². The molecule has 35 heavy (non-hydrogen) atoms. The summed E-state index contributed by atoms with van der Waals surface area (Å²) in [7, 11) is 0. The summed E-state index contributed by atoms with van der Waals surface area (Å²) in [6.45, 7) is 5.01. The molecule has 4 rings (SSSR count). The second-order valence-corrected chi connectivity index (χ2v) is 9.28. The number of aryl methyl sites for hydroxylation is 2. The van der Waals surface area contributed by atoms with Gasteiger partial charge in [-0.05, 0) is 63.1 Å². The number of aliphatic hydroxyl groups excluding tert-OH is 1. The smallest absolute Gasteiger partial charge is 0.406 e. The lowest BCUT2D eigenvalue weighted by Gasteiger charge is -2.41. The van der Waals surface area contributed by atoms with Crippen molar-refractivity contribution in [2.75, 3.05) is 26.2 Å². The number of aromatic nitrogens is 2. The Bertz CT molecular complexity index is 1000. The van der Waals surface area contributed by atoms with Crippen LogP contribution in [-0.2, 0) is 12.8 Å². The quantitative estimate of drug-likeness (QED) is 0.665. The van der Waals surface area contributed by atoms with Gasteiger partial charge in [-0.15, -0.1) is 13.2 Å². The fraction of sp³-hybridized carbons (Fsp3) is 0.560. The van der Waals surface area contributed by atoms with Crippen molar-refractivity contribution in [3.8, 4) is 5.75 Å². The SMILES string of the molecule is Cc1c(CCc2ccc(OC(F)(F)F)cc2)ncnc1C(=O)N1CCC(N2CCC(O)CC2)CC1. The minimum Gasteiger partial charge on any atom is -0.406 e. The van der Waals surface area contributed by atoms with Crippen LogP contribution in [0.5, 0.6) is 5.75 Å². The molecular weight excluding hydrogens is 461 g/mol. The summed E-state index contributed by atoms with van der Waals surface area (Å²) in [6.07, 6.45) is 1.05. The lowest BCUT2D eigenvalue weighted by atomic mass is 9.98. The van der Waals surface area contributed by atoms with Crippen LogP contribution in [0, 0.1) is 6.92 Å². The van der Waals surface area contributed by atoms with Crippen molar-refractivity contribution < 1.29 is 27.8 Å². The number of aliphatic hydroxyl groups is 1. The third kappa shape index (κ3) is 6.70. The van der Waals surface area contributed by atoms with Crippen molar-refractivity contribution in [1.29, 1.82) is 0 Å². The molecule has 1 N–H and O–H groups in total. The van der Waals surface area contributed by atoms with Crippen molar-refractivity contribution in [3.63, 3.8) is 0 Å². The number of piperidine rings is 2. The predicted molar refractivity (Wildman–Crippen MR) is 123 cm³/mol. The molecule has 2 saturated heterocycles. The van der Waals surface area contributed by atoms with Crippen molar-refractivity contribution in [2.45, 2.75) is 64.0 Å². The van der Waals surface area contributed by atoms with Crippen LogP contribution in [0.2, 0.25) is 0 Å². The van der Waals surface area contributed by atoms with E-state index in [-0.39, 0.29) is 17.8 Å². The van der Waals surface area contributed by atoms with E-state index in [0.717, 1.165) is 55.6 Å².